The number of hydrogen-bond donors (Lipinski definition) is 2. The first-order valence-corrected chi connectivity index (χ1v) is 15.8. The van der Waals surface area contributed by atoms with E-state index >= 15 is 0 Å². The second kappa shape index (κ2) is 9.00. The molecule has 2 aromatic carbocycles. The summed E-state index contributed by atoms with van der Waals surface area (Å²) in [5.74, 6) is -2.54. The molecule has 46 heavy (non-hydrogen) atoms. The van der Waals surface area contributed by atoms with Crippen LogP contribution < -0.4 is 9.47 Å². The van der Waals surface area contributed by atoms with Crippen LogP contribution in [-0.2, 0) is 25.3 Å². The smallest absolute Gasteiger partial charge is 0.330 e. The summed E-state index contributed by atoms with van der Waals surface area (Å²) in [6.45, 7) is 19.1. The van der Waals surface area contributed by atoms with E-state index in [4.69, 9.17) is 14.2 Å². The molecule has 1 saturated carbocycles. The number of aliphatic carboxylic acids is 1. The van der Waals surface area contributed by atoms with Crippen molar-refractivity contribution in [2.24, 2.45) is 11.8 Å². The van der Waals surface area contributed by atoms with Gasteiger partial charge in [-0.2, -0.15) is 0 Å². The lowest BCUT2D eigenvalue weighted by atomic mass is 9.51. The van der Waals surface area contributed by atoms with Crippen molar-refractivity contribution in [3.8, 4) is 28.4 Å². The van der Waals surface area contributed by atoms with E-state index in [-0.39, 0.29) is 40.4 Å². The second-order valence-electron chi connectivity index (χ2n) is 15.2. The number of hydrogen-bond acceptors (Lipinski definition) is 7. The average Bonchev–Trinajstić information content (AvgIpc) is 3.12. The van der Waals surface area contributed by atoms with Crippen LogP contribution in [-0.4, -0.2) is 44.6 Å². The highest BCUT2D eigenvalue weighted by atomic mass is 16.6. The molecule has 8 heteroatoms. The number of phenolic OH excluding ortho intramolecular Hbond substituents is 1. The van der Waals surface area contributed by atoms with Crippen LogP contribution in [0.15, 0.2) is 54.2 Å². The van der Waals surface area contributed by atoms with Gasteiger partial charge in [-0.3, -0.25) is 9.59 Å². The Morgan fingerprint density at radius 2 is 1.78 bits per heavy atom. The zero-order valence-corrected chi connectivity index (χ0v) is 27.6. The van der Waals surface area contributed by atoms with Crippen LogP contribution in [0, 0.1) is 18.8 Å². The van der Waals surface area contributed by atoms with Crippen LogP contribution in [0.5, 0.6) is 17.2 Å². The molecule has 3 aliphatic heterocycles. The van der Waals surface area contributed by atoms with Gasteiger partial charge < -0.3 is 24.4 Å². The molecule has 0 amide bonds. The lowest BCUT2D eigenvalue weighted by Crippen LogP contribution is -2.72. The third-order valence-electron chi connectivity index (χ3n) is 11.1. The van der Waals surface area contributed by atoms with Crippen molar-refractivity contribution in [3.05, 3.63) is 76.4 Å². The number of ketones is 2. The standard InChI is InChI=1S/C38H40O8/c1-10-34(4,5)27-30-25(21-15-18(2)11-12-22(21)35(6,7)44-30)29(40)26-28(39)23-16-20-17-24-36(8,9)46-37(32(20)41,14-13-19(3)33(42)43)38(23,24)45-31(26)27/h10-13,15-16,20,24,40H,1,14,17H2,2-9H3,(H,42,43). The Kier molecular flexibility index (Phi) is 5.96. The van der Waals surface area contributed by atoms with Crippen LogP contribution in [0.2, 0.25) is 0 Å². The van der Waals surface area contributed by atoms with Crippen LogP contribution in [0.1, 0.15) is 88.4 Å². The maximum atomic E-state index is 15.0. The second-order valence-corrected chi connectivity index (χ2v) is 15.2. The summed E-state index contributed by atoms with van der Waals surface area (Å²) in [4.78, 5) is 41.2. The molecule has 2 aromatic rings. The predicted molar refractivity (Wildman–Crippen MR) is 171 cm³/mol. The monoisotopic (exact) mass is 624 g/mol. The number of aromatic hydroxyl groups is 1. The molecule has 8 rings (SSSR count). The molecule has 0 aromatic heterocycles. The number of aryl methyl sites for hydroxylation is 1. The minimum atomic E-state index is -1.66. The zero-order chi connectivity index (χ0) is 33.5. The van der Waals surface area contributed by atoms with E-state index in [1.807, 2.05) is 66.7 Å². The Morgan fingerprint density at radius 3 is 2.43 bits per heavy atom. The number of phenols is 1. The van der Waals surface area contributed by atoms with E-state index in [9.17, 15) is 24.6 Å². The highest BCUT2D eigenvalue weighted by Gasteiger charge is 2.81. The van der Waals surface area contributed by atoms with Gasteiger partial charge in [0.25, 0.3) is 0 Å². The maximum Gasteiger partial charge on any atom is 0.330 e. The molecule has 4 unspecified atom stereocenters. The highest BCUT2D eigenvalue weighted by molar-refractivity contribution is 6.19. The van der Waals surface area contributed by atoms with Gasteiger partial charge in [-0.05, 0) is 53.5 Å². The van der Waals surface area contributed by atoms with Gasteiger partial charge in [0.15, 0.2) is 22.8 Å². The fourth-order valence-corrected chi connectivity index (χ4v) is 8.76. The summed E-state index contributed by atoms with van der Waals surface area (Å²) in [6.07, 6.45) is 5.25. The van der Waals surface area contributed by atoms with Crippen LogP contribution in [0.4, 0.5) is 0 Å². The molecule has 8 nitrogen and oxygen atoms in total. The van der Waals surface area contributed by atoms with E-state index in [2.05, 4.69) is 6.58 Å². The molecule has 1 spiro atoms. The first kappa shape index (κ1) is 30.5. The van der Waals surface area contributed by atoms with Crippen LogP contribution in [0.3, 0.4) is 0 Å². The molecule has 2 fully saturated rings. The van der Waals surface area contributed by atoms with Crippen LogP contribution in [0.25, 0.3) is 11.1 Å². The van der Waals surface area contributed by atoms with Gasteiger partial charge in [-0.1, -0.05) is 55.8 Å². The average molecular weight is 625 g/mol. The summed E-state index contributed by atoms with van der Waals surface area (Å²) in [7, 11) is 0. The molecule has 2 N–H and O–H groups in total. The van der Waals surface area contributed by atoms with Crippen molar-refractivity contribution < 1.29 is 38.8 Å². The summed E-state index contributed by atoms with van der Waals surface area (Å²) in [5.41, 5.74) is -1.82. The molecular weight excluding hydrogens is 584 g/mol. The summed E-state index contributed by atoms with van der Waals surface area (Å²) in [6, 6.07) is 5.98. The molecule has 4 bridgehead atoms. The first-order chi connectivity index (χ1) is 21.3. The summed E-state index contributed by atoms with van der Waals surface area (Å²) < 4.78 is 20.7. The number of carboxylic acids is 1. The number of ether oxygens (including phenoxy) is 3. The lowest BCUT2D eigenvalue weighted by Gasteiger charge is -2.56. The fourth-order valence-electron chi connectivity index (χ4n) is 8.76. The molecular formula is C38H40O8. The number of fused-ring (bicyclic) bond motifs is 4. The number of carboxylic acid groups (broad SMARTS) is 1. The molecule has 4 atom stereocenters. The van der Waals surface area contributed by atoms with Gasteiger partial charge in [-0.15, -0.1) is 6.58 Å². The summed E-state index contributed by atoms with van der Waals surface area (Å²) >= 11 is 0. The van der Waals surface area contributed by atoms with Gasteiger partial charge >= 0.3 is 5.97 Å². The van der Waals surface area contributed by atoms with Crippen molar-refractivity contribution >= 4 is 17.5 Å². The van der Waals surface area contributed by atoms with Crippen molar-refractivity contribution in [1.82, 2.24) is 0 Å². The van der Waals surface area contributed by atoms with E-state index in [1.165, 1.54) is 13.0 Å². The molecule has 240 valence electrons. The Bertz CT molecular complexity index is 1890. The Morgan fingerprint density at radius 1 is 1.11 bits per heavy atom. The Balaban J connectivity index is 1.59. The van der Waals surface area contributed by atoms with E-state index in [0.29, 0.717) is 23.3 Å². The Hall–Kier alpha value is -4.17. The minimum absolute atomic E-state index is 0.0147. The summed E-state index contributed by atoms with van der Waals surface area (Å²) in [5, 5.41) is 21.8. The van der Waals surface area contributed by atoms with Crippen LogP contribution >= 0.6 is 0 Å². The van der Waals surface area contributed by atoms with Crippen molar-refractivity contribution in [1.29, 1.82) is 0 Å². The zero-order valence-electron chi connectivity index (χ0n) is 27.6. The maximum absolute atomic E-state index is 15.0. The minimum Gasteiger partial charge on any atom is -0.506 e. The normalized spacial score (nSPS) is 29.5. The van der Waals surface area contributed by atoms with Gasteiger partial charge in [0, 0.05) is 45.9 Å². The topological polar surface area (TPSA) is 119 Å². The lowest BCUT2D eigenvalue weighted by molar-refractivity contribution is -0.171. The van der Waals surface area contributed by atoms with Crippen molar-refractivity contribution in [2.45, 2.75) is 96.1 Å². The quantitative estimate of drug-likeness (QED) is 0.273. The molecule has 3 heterocycles. The number of carbonyl (C=O) groups is 3. The van der Waals surface area contributed by atoms with E-state index in [1.54, 1.807) is 12.2 Å². The van der Waals surface area contributed by atoms with Crippen molar-refractivity contribution in [2.75, 3.05) is 0 Å². The van der Waals surface area contributed by atoms with Gasteiger partial charge in [-0.25, -0.2) is 4.79 Å². The number of benzene rings is 2. The SMILES string of the molecule is C=CC(C)(C)c1c2c(c(O)c3c1OC(C)(C)c1ccc(C)cc1-3)C(=O)C1=CC3CC4C(C)(C)OC(CC=C(C)C(=O)O)(C3=O)C14O2. The number of Topliss-reactive ketones (excluding diaryl/α,β-unsaturated/α-hetero) is 2. The molecule has 3 aliphatic carbocycles. The predicted octanol–water partition coefficient (Wildman–Crippen LogP) is 6.89. The third-order valence-corrected chi connectivity index (χ3v) is 11.1. The fraction of sp³-hybridized carbons (Fsp3) is 0.447. The number of rotatable bonds is 5. The Labute approximate surface area is 268 Å². The van der Waals surface area contributed by atoms with Gasteiger partial charge in [0.2, 0.25) is 0 Å². The number of allylic oxidation sites excluding steroid dienone is 2. The number of carbonyl (C=O) groups excluding carboxylic acids is 2. The first-order valence-electron chi connectivity index (χ1n) is 15.8. The molecule has 1 saturated heterocycles. The van der Waals surface area contributed by atoms with E-state index in [0.717, 1.165) is 16.7 Å². The van der Waals surface area contributed by atoms with Gasteiger partial charge in [0.1, 0.15) is 28.4 Å². The van der Waals surface area contributed by atoms with Gasteiger partial charge in [0.05, 0.1) is 11.2 Å². The van der Waals surface area contributed by atoms with Crippen molar-refractivity contribution in [3.63, 3.8) is 0 Å². The largest absolute Gasteiger partial charge is 0.506 e. The highest BCUT2D eigenvalue weighted by Crippen LogP contribution is 2.70. The molecule has 6 aliphatic rings. The third kappa shape index (κ3) is 3.51. The van der Waals surface area contributed by atoms with E-state index < -0.39 is 51.4 Å². The molecule has 0 radical (unpaired) electrons.